The van der Waals surface area contributed by atoms with Gasteiger partial charge in [0.1, 0.15) is 12.1 Å². The van der Waals surface area contributed by atoms with Gasteiger partial charge in [0.25, 0.3) is 0 Å². The third kappa shape index (κ3) is 2.66. The van der Waals surface area contributed by atoms with Crippen LogP contribution in [0.25, 0.3) is 0 Å². The molecule has 1 aliphatic heterocycles. The van der Waals surface area contributed by atoms with Crippen molar-refractivity contribution in [3.05, 3.63) is 12.4 Å². The summed E-state index contributed by atoms with van der Waals surface area (Å²) in [5.41, 5.74) is 5.85. The molecule has 1 fully saturated rings. The van der Waals surface area contributed by atoms with Gasteiger partial charge < -0.3 is 15.4 Å². The first-order valence-corrected chi connectivity index (χ1v) is 6.07. The highest BCUT2D eigenvalue weighted by Gasteiger charge is 2.26. The van der Waals surface area contributed by atoms with E-state index < -0.39 is 0 Å². The van der Waals surface area contributed by atoms with Crippen molar-refractivity contribution in [1.82, 2.24) is 9.97 Å². The van der Waals surface area contributed by atoms with Crippen LogP contribution in [-0.2, 0) is 0 Å². The molecule has 1 aromatic heterocycles. The van der Waals surface area contributed by atoms with E-state index in [2.05, 4.69) is 21.8 Å². The number of methoxy groups -OCH3 is 1. The topological polar surface area (TPSA) is 64.3 Å². The van der Waals surface area contributed by atoms with E-state index in [1.807, 2.05) is 6.07 Å². The molecule has 1 saturated heterocycles. The zero-order valence-electron chi connectivity index (χ0n) is 10.5. The molecular weight excluding hydrogens is 216 g/mol. The summed E-state index contributed by atoms with van der Waals surface area (Å²) in [4.78, 5) is 10.6. The number of piperidine rings is 1. The first-order chi connectivity index (χ1) is 8.24. The van der Waals surface area contributed by atoms with Crippen molar-refractivity contribution >= 4 is 5.82 Å². The van der Waals surface area contributed by atoms with Gasteiger partial charge in [-0.3, -0.25) is 0 Å². The summed E-state index contributed by atoms with van der Waals surface area (Å²) in [6.07, 6.45) is 3.85. The molecule has 2 rings (SSSR count). The zero-order valence-corrected chi connectivity index (χ0v) is 10.5. The Labute approximate surface area is 102 Å². The van der Waals surface area contributed by atoms with Crippen LogP contribution in [0, 0.1) is 5.92 Å². The third-order valence-electron chi connectivity index (χ3n) is 3.38. The maximum absolute atomic E-state index is 5.85. The fourth-order valence-electron chi connectivity index (χ4n) is 2.38. The number of rotatable bonds is 3. The Morgan fingerprint density at radius 3 is 3.06 bits per heavy atom. The molecule has 0 spiro atoms. The zero-order chi connectivity index (χ0) is 12.3. The second-order valence-corrected chi connectivity index (χ2v) is 4.63. The summed E-state index contributed by atoms with van der Waals surface area (Å²) in [5, 5.41) is 0. The Bertz CT molecular complexity index is 371. The highest BCUT2D eigenvalue weighted by atomic mass is 16.5. The predicted octanol–water partition coefficient (Wildman–Crippen LogP) is 1.05. The summed E-state index contributed by atoms with van der Waals surface area (Å²) in [5.74, 6) is 2.26. The van der Waals surface area contributed by atoms with E-state index in [-0.39, 0.29) is 0 Å². The predicted molar refractivity (Wildman–Crippen MR) is 67.2 cm³/mol. The van der Waals surface area contributed by atoms with Crippen LogP contribution in [0.2, 0.25) is 0 Å². The molecule has 5 heteroatoms. The van der Waals surface area contributed by atoms with E-state index in [9.17, 15) is 0 Å². The number of nitrogens with zero attached hydrogens (tertiary/aromatic N) is 3. The van der Waals surface area contributed by atoms with Crippen molar-refractivity contribution in [1.29, 1.82) is 0 Å². The Balaban J connectivity index is 2.19. The van der Waals surface area contributed by atoms with Crippen molar-refractivity contribution in [3.8, 4) is 5.88 Å². The lowest BCUT2D eigenvalue weighted by atomic mass is 9.92. The fourth-order valence-corrected chi connectivity index (χ4v) is 2.38. The van der Waals surface area contributed by atoms with Crippen LogP contribution in [0.5, 0.6) is 5.88 Å². The van der Waals surface area contributed by atoms with Crippen LogP contribution in [0.15, 0.2) is 12.4 Å². The number of hydrogen-bond donors (Lipinski definition) is 1. The Hall–Kier alpha value is -1.36. The number of ether oxygens (including phenoxy) is 1. The van der Waals surface area contributed by atoms with Gasteiger partial charge in [-0.2, -0.15) is 0 Å². The molecule has 0 bridgehead atoms. The van der Waals surface area contributed by atoms with E-state index in [1.54, 1.807) is 13.4 Å². The molecule has 0 saturated carbocycles. The van der Waals surface area contributed by atoms with Crippen LogP contribution >= 0.6 is 0 Å². The van der Waals surface area contributed by atoms with Gasteiger partial charge in [0.05, 0.1) is 7.11 Å². The van der Waals surface area contributed by atoms with Crippen molar-refractivity contribution in [2.75, 3.05) is 25.1 Å². The molecule has 5 nitrogen and oxygen atoms in total. The molecule has 2 heterocycles. The number of aromatic nitrogens is 2. The molecule has 17 heavy (non-hydrogen) atoms. The summed E-state index contributed by atoms with van der Waals surface area (Å²) in [7, 11) is 1.62. The maximum Gasteiger partial charge on any atom is 0.218 e. The second-order valence-electron chi connectivity index (χ2n) is 4.63. The molecule has 0 radical (unpaired) electrons. The Morgan fingerprint density at radius 1 is 1.53 bits per heavy atom. The highest BCUT2D eigenvalue weighted by molar-refractivity contribution is 5.42. The smallest absolute Gasteiger partial charge is 0.218 e. The maximum atomic E-state index is 5.85. The van der Waals surface area contributed by atoms with Crippen molar-refractivity contribution in [3.63, 3.8) is 0 Å². The highest BCUT2D eigenvalue weighted by Crippen LogP contribution is 2.27. The molecule has 0 aromatic carbocycles. The first-order valence-electron chi connectivity index (χ1n) is 6.07. The second kappa shape index (κ2) is 5.31. The van der Waals surface area contributed by atoms with Gasteiger partial charge in [0.2, 0.25) is 5.88 Å². The fraction of sp³-hybridized carbons (Fsp3) is 0.667. The molecular formula is C12H20N4O. The number of anilines is 1. The van der Waals surface area contributed by atoms with Gasteiger partial charge in [-0.1, -0.05) is 6.92 Å². The molecule has 94 valence electrons. The minimum Gasteiger partial charge on any atom is -0.481 e. The van der Waals surface area contributed by atoms with Crippen molar-refractivity contribution in [2.45, 2.75) is 25.8 Å². The average Bonchev–Trinajstić information content (AvgIpc) is 2.38. The van der Waals surface area contributed by atoms with Crippen LogP contribution in [0.1, 0.15) is 19.8 Å². The lowest BCUT2D eigenvalue weighted by molar-refractivity contribution is 0.362. The Kier molecular flexibility index (Phi) is 3.78. The number of hydrogen-bond acceptors (Lipinski definition) is 5. The molecule has 1 aliphatic rings. The van der Waals surface area contributed by atoms with E-state index in [1.165, 1.54) is 6.42 Å². The summed E-state index contributed by atoms with van der Waals surface area (Å²) in [6, 6.07) is 2.25. The summed E-state index contributed by atoms with van der Waals surface area (Å²) < 4.78 is 5.13. The average molecular weight is 236 g/mol. The molecule has 0 amide bonds. The molecule has 2 N–H and O–H groups in total. The quantitative estimate of drug-likeness (QED) is 0.849. The molecule has 0 aliphatic carbocycles. The summed E-state index contributed by atoms with van der Waals surface area (Å²) >= 11 is 0. The minimum absolute atomic E-state index is 0.373. The molecule has 1 aromatic rings. The summed E-state index contributed by atoms with van der Waals surface area (Å²) in [6.45, 7) is 3.94. The first kappa shape index (κ1) is 12.1. The van der Waals surface area contributed by atoms with E-state index >= 15 is 0 Å². The minimum atomic E-state index is 0.373. The monoisotopic (exact) mass is 236 g/mol. The standard InChI is InChI=1S/C12H20N4O/c1-9-3-4-16(10(5-9)7-13)11-6-12(17-2)15-8-14-11/h6,8-10H,3-5,7,13H2,1-2H3. The third-order valence-corrected chi connectivity index (χ3v) is 3.38. The van der Waals surface area contributed by atoms with Crippen molar-refractivity contribution < 1.29 is 4.74 Å². The van der Waals surface area contributed by atoms with Crippen molar-refractivity contribution in [2.24, 2.45) is 11.7 Å². The van der Waals surface area contributed by atoms with Gasteiger partial charge in [-0.25, -0.2) is 9.97 Å². The van der Waals surface area contributed by atoms with Gasteiger partial charge in [-0.05, 0) is 18.8 Å². The molecule has 2 unspecified atom stereocenters. The van der Waals surface area contributed by atoms with Crippen LogP contribution in [0.4, 0.5) is 5.82 Å². The van der Waals surface area contributed by atoms with E-state index in [0.29, 0.717) is 18.5 Å². The van der Waals surface area contributed by atoms with Crippen LogP contribution < -0.4 is 15.4 Å². The van der Waals surface area contributed by atoms with Crippen LogP contribution in [0.3, 0.4) is 0 Å². The van der Waals surface area contributed by atoms with E-state index in [0.717, 1.165) is 24.7 Å². The van der Waals surface area contributed by atoms with Gasteiger partial charge in [-0.15, -0.1) is 0 Å². The van der Waals surface area contributed by atoms with Gasteiger partial charge >= 0.3 is 0 Å². The van der Waals surface area contributed by atoms with E-state index in [4.69, 9.17) is 10.5 Å². The lowest BCUT2D eigenvalue weighted by Crippen LogP contribution is -2.46. The van der Waals surface area contributed by atoms with Gasteiger partial charge in [0, 0.05) is 25.2 Å². The molecule has 2 atom stereocenters. The van der Waals surface area contributed by atoms with Crippen LogP contribution in [-0.4, -0.2) is 36.2 Å². The Morgan fingerprint density at radius 2 is 2.35 bits per heavy atom. The number of nitrogens with two attached hydrogens (primary N) is 1. The SMILES string of the molecule is COc1cc(N2CCC(C)CC2CN)ncn1. The van der Waals surface area contributed by atoms with Gasteiger partial charge in [0.15, 0.2) is 0 Å². The normalized spacial score (nSPS) is 24.8. The lowest BCUT2D eigenvalue weighted by Gasteiger charge is -2.38. The largest absolute Gasteiger partial charge is 0.481 e.